The molecule has 2 aliphatic rings. The fraction of sp³-hybridized carbons (Fsp3) is 0.182. The summed E-state index contributed by atoms with van der Waals surface area (Å²) in [6, 6.07) is 22.3. The second-order valence-corrected chi connectivity index (χ2v) is 10.6. The number of para-hydroxylation sites is 1. The van der Waals surface area contributed by atoms with Crippen LogP contribution in [-0.4, -0.2) is 34.7 Å². The topological polar surface area (TPSA) is 93.6 Å². The number of anilines is 1. The number of Topliss-reactive ketones (excluding diaryl/α,β-unsaturated/α-hetero) is 1. The highest BCUT2D eigenvalue weighted by molar-refractivity contribution is 6.31. The molecule has 3 aromatic carbocycles. The number of nitrogens with zero attached hydrogens (tertiary/aromatic N) is 2. The molecule has 41 heavy (non-hydrogen) atoms. The number of amides is 2. The van der Waals surface area contributed by atoms with Crippen molar-refractivity contribution >= 4 is 51.8 Å². The monoisotopic (exact) mass is 564 g/mol. The largest absolute Gasteiger partial charge is 0.451 e. The molecule has 3 unspecified atom stereocenters. The zero-order valence-electron chi connectivity index (χ0n) is 22.1. The van der Waals surface area contributed by atoms with Crippen LogP contribution in [0.4, 0.5) is 5.69 Å². The van der Waals surface area contributed by atoms with Crippen molar-refractivity contribution in [2.75, 3.05) is 4.90 Å². The Bertz CT molecular complexity index is 1720. The Morgan fingerprint density at radius 1 is 0.902 bits per heavy atom. The number of carbonyl (C=O) groups is 4. The van der Waals surface area contributed by atoms with E-state index in [1.54, 1.807) is 66.7 Å². The van der Waals surface area contributed by atoms with Crippen LogP contribution in [0, 0.1) is 11.8 Å². The Kier molecular flexibility index (Phi) is 6.97. The number of imide groups is 1. The summed E-state index contributed by atoms with van der Waals surface area (Å²) in [5.41, 5.74) is 2.90. The van der Waals surface area contributed by atoms with Gasteiger partial charge in [0.15, 0.2) is 6.10 Å². The van der Waals surface area contributed by atoms with Gasteiger partial charge in [-0.15, -0.1) is 0 Å². The molecule has 3 atom stereocenters. The summed E-state index contributed by atoms with van der Waals surface area (Å²) in [7, 11) is 0. The fourth-order valence-corrected chi connectivity index (χ4v) is 5.67. The lowest BCUT2D eigenvalue weighted by Crippen LogP contribution is -2.30. The highest BCUT2D eigenvalue weighted by Gasteiger charge is 2.47. The lowest BCUT2D eigenvalue weighted by Gasteiger charge is -2.16. The van der Waals surface area contributed by atoms with Gasteiger partial charge >= 0.3 is 5.97 Å². The molecule has 0 bridgehead atoms. The first-order chi connectivity index (χ1) is 19.8. The zero-order chi connectivity index (χ0) is 28.7. The summed E-state index contributed by atoms with van der Waals surface area (Å²) in [5.74, 6) is -1.99. The van der Waals surface area contributed by atoms with Gasteiger partial charge in [-0.25, -0.2) is 9.78 Å². The quantitative estimate of drug-likeness (QED) is 0.116. The molecule has 204 valence electrons. The number of ether oxygens (including phenoxy) is 1. The van der Waals surface area contributed by atoms with Crippen molar-refractivity contribution in [2.45, 2.75) is 25.9 Å². The highest BCUT2D eigenvalue weighted by Crippen LogP contribution is 2.38. The second-order valence-electron chi connectivity index (χ2n) is 10.2. The van der Waals surface area contributed by atoms with Gasteiger partial charge < -0.3 is 4.74 Å². The van der Waals surface area contributed by atoms with Crippen molar-refractivity contribution in [3.8, 4) is 11.3 Å². The van der Waals surface area contributed by atoms with Crippen molar-refractivity contribution in [1.29, 1.82) is 0 Å². The number of hydrogen-bond acceptors (Lipinski definition) is 6. The van der Waals surface area contributed by atoms with Gasteiger partial charge in [-0.05, 0) is 56.2 Å². The average molecular weight is 565 g/mol. The van der Waals surface area contributed by atoms with E-state index in [1.165, 1.54) is 17.9 Å². The zero-order valence-corrected chi connectivity index (χ0v) is 22.9. The van der Waals surface area contributed by atoms with Crippen molar-refractivity contribution in [2.24, 2.45) is 11.8 Å². The molecule has 1 saturated heterocycles. The van der Waals surface area contributed by atoms with Gasteiger partial charge in [-0.2, -0.15) is 0 Å². The first-order valence-electron chi connectivity index (χ1n) is 13.4. The first-order valence-corrected chi connectivity index (χ1v) is 13.7. The number of halogens is 1. The molecule has 0 N–H and O–H groups in total. The smallest absolute Gasteiger partial charge is 0.339 e. The van der Waals surface area contributed by atoms with Crippen LogP contribution in [0.5, 0.6) is 0 Å². The maximum atomic E-state index is 13.4. The Hall–Kier alpha value is -4.62. The number of hydrogen-bond donors (Lipinski definition) is 0. The Morgan fingerprint density at radius 2 is 1.59 bits per heavy atom. The number of aromatic nitrogens is 1. The van der Waals surface area contributed by atoms with Crippen LogP contribution in [-0.2, 0) is 14.3 Å². The predicted molar refractivity (Wildman–Crippen MR) is 156 cm³/mol. The van der Waals surface area contributed by atoms with Gasteiger partial charge in [0.2, 0.25) is 17.6 Å². The summed E-state index contributed by atoms with van der Waals surface area (Å²) in [4.78, 5) is 58.2. The summed E-state index contributed by atoms with van der Waals surface area (Å²) < 4.78 is 5.60. The molecule has 8 heteroatoms. The van der Waals surface area contributed by atoms with Crippen LogP contribution in [0.3, 0.4) is 0 Å². The minimum Gasteiger partial charge on any atom is -0.451 e. The maximum Gasteiger partial charge on any atom is 0.339 e. The summed E-state index contributed by atoms with van der Waals surface area (Å²) in [6.07, 6.45) is 4.03. The first kappa shape index (κ1) is 26.6. The number of allylic oxidation sites excluding steroid dienone is 2. The van der Waals surface area contributed by atoms with Crippen LogP contribution in [0.15, 0.2) is 91.0 Å². The van der Waals surface area contributed by atoms with E-state index in [2.05, 4.69) is 0 Å². The number of ketones is 1. The number of benzene rings is 3. The molecule has 6 rings (SSSR count). The fourth-order valence-electron chi connectivity index (χ4n) is 5.48. The number of carbonyl (C=O) groups excluding carboxylic acids is 4. The van der Waals surface area contributed by atoms with E-state index in [9.17, 15) is 19.2 Å². The highest BCUT2D eigenvalue weighted by atomic mass is 35.5. The van der Waals surface area contributed by atoms with Gasteiger partial charge in [0.25, 0.3) is 0 Å². The normalized spacial score (nSPS) is 18.8. The van der Waals surface area contributed by atoms with Crippen molar-refractivity contribution in [3.05, 3.63) is 107 Å². The standard InChI is InChI=1S/C33H25ClN2O5/c1-19(30(37)21-7-6-8-22(34)17-21)41-33(40)27-18-29(35-28-12-5-4-9-24(27)28)20-13-15-23(16-14-20)36-31(38)25-10-2-3-11-26(25)32(36)39/h2-9,12-19,25-26H,10-11H2,1H3. The molecule has 1 aliphatic heterocycles. The van der Waals surface area contributed by atoms with Crippen LogP contribution in [0.1, 0.15) is 40.5 Å². The Morgan fingerprint density at radius 3 is 2.27 bits per heavy atom. The van der Waals surface area contributed by atoms with Crippen LogP contribution in [0.2, 0.25) is 5.02 Å². The van der Waals surface area contributed by atoms with Crippen LogP contribution >= 0.6 is 11.6 Å². The molecule has 1 aliphatic carbocycles. The number of fused-ring (bicyclic) bond motifs is 2. The van der Waals surface area contributed by atoms with Crippen LogP contribution in [0.25, 0.3) is 22.2 Å². The van der Waals surface area contributed by atoms with Gasteiger partial charge in [0, 0.05) is 21.5 Å². The molecule has 0 saturated carbocycles. The van der Waals surface area contributed by atoms with Crippen molar-refractivity contribution < 1.29 is 23.9 Å². The van der Waals surface area contributed by atoms with E-state index in [0.717, 1.165) is 0 Å². The molecule has 2 amide bonds. The average Bonchev–Trinajstić information content (AvgIpc) is 3.25. The van der Waals surface area contributed by atoms with Crippen molar-refractivity contribution in [1.82, 2.24) is 4.98 Å². The summed E-state index contributed by atoms with van der Waals surface area (Å²) in [6.45, 7) is 1.53. The number of pyridine rings is 1. The van der Waals surface area contributed by atoms with E-state index >= 15 is 0 Å². The molecule has 7 nitrogen and oxygen atoms in total. The SMILES string of the molecule is CC(OC(=O)c1cc(-c2ccc(N3C(=O)C4CC=CCC4C3=O)cc2)nc2ccccc12)C(=O)c1cccc(Cl)c1. The summed E-state index contributed by atoms with van der Waals surface area (Å²) in [5, 5.41) is 1.00. The van der Waals surface area contributed by atoms with Gasteiger partial charge in [0.05, 0.1) is 34.3 Å². The van der Waals surface area contributed by atoms with Crippen molar-refractivity contribution in [3.63, 3.8) is 0 Å². The van der Waals surface area contributed by atoms with E-state index in [1.807, 2.05) is 18.2 Å². The molecular weight excluding hydrogens is 540 g/mol. The minimum absolute atomic E-state index is 0.174. The minimum atomic E-state index is -1.04. The Balaban J connectivity index is 1.28. The van der Waals surface area contributed by atoms with E-state index in [-0.39, 0.29) is 35.0 Å². The lowest BCUT2D eigenvalue weighted by molar-refractivity contribution is -0.122. The van der Waals surface area contributed by atoms with Gasteiger partial charge in [0.1, 0.15) is 0 Å². The molecule has 2 heterocycles. The lowest BCUT2D eigenvalue weighted by atomic mass is 9.85. The van der Waals surface area contributed by atoms with Gasteiger partial charge in [-0.3, -0.25) is 19.3 Å². The molecular formula is C33H25ClN2O5. The van der Waals surface area contributed by atoms with E-state index < -0.39 is 12.1 Å². The molecule has 1 fully saturated rings. The van der Waals surface area contributed by atoms with E-state index in [4.69, 9.17) is 21.3 Å². The molecule has 0 radical (unpaired) electrons. The number of esters is 1. The second kappa shape index (κ2) is 10.7. The third-order valence-electron chi connectivity index (χ3n) is 7.63. The molecule has 1 aromatic heterocycles. The van der Waals surface area contributed by atoms with Crippen LogP contribution < -0.4 is 4.90 Å². The third kappa shape index (κ3) is 4.93. The molecule has 4 aromatic rings. The van der Waals surface area contributed by atoms with Gasteiger partial charge in [-0.1, -0.05) is 66.2 Å². The number of rotatable bonds is 6. The maximum absolute atomic E-state index is 13.4. The molecule has 0 spiro atoms. The third-order valence-corrected chi connectivity index (χ3v) is 7.86. The predicted octanol–water partition coefficient (Wildman–Crippen LogP) is 6.44. The summed E-state index contributed by atoms with van der Waals surface area (Å²) >= 11 is 6.02. The Labute approximate surface area is 241 Å². The van der Waals surface area contributed by atoms with E-state index in [0.29, 0.717) is 51.3 Å².